The number of aryl methyl sites for hydroxylation is 1. The van der Waals surface area contributed by atoms with Crippen LogP contribution in [-0.4, -0.2) is 14.1 Å². The minimum Gasteiger partial charge on any atom is -0.377 e. The van der Waals surface area contributed by atoms with Gasteiger partial charge in [0, 0.05) is 19.8 Å². The van der Waals surface area contributed by atoms with E-state index < -0.39 is 0 Å². The van der Waals surface area contributed by atoms with E-state index in [0.29, 0.717) is 0 Å². The summed E-state index contributed by atoms with van der Waals surface area (Å²) in [7, 11) is 4.14. The quantitative estimate of drug-likeness (QED) is 0.682. The second-order valence-corrected chi connectivity index (χ2v) is 3.34. The lowest BCUT2D eigenvalue weighted by molar-refractivity contribution is 1.06. The number of hydrogen-bond acceptors (Lipinski definition) is 1. The molecule has 0 unspecified atom stereocenters. The van der Waals surface area contributed by atoms with Crippen LogP contribution in [0.25, 0.3) is 6.08 Å². The third-order valence-electron chi connectivity index (χ3n) is 2.21. The maximum Gasteiger partial charge on any atom is 0.0399 e. The highest BCUT2D eigenvalue weighted by Crippen LogP contribution is 2.21. The zero-order valence-electron chi connectivity index (χ0n) is 8.67. The summed E-state index contributed by atoms with van der Waals surface area (Å²) in [5.74, 6) is 0. The third-order valence-corrected chi connectivity index (χ3v) is 2.21. The molecule has 0 saturated heterocycles. The normalized spacial score (nSPS) is 9.77. The highest BCUT2D eigenvalue weighted by Gasteiger charge is 2.02. The lowest BCUT2D eigenvalue weighted by Crippen LogP contribution is -2.11. The second-order valence-electron chi connectivity index (χ2n) is 3.34. The van der Waals surface area contributed by atoms with Crippen LogP contribution in [0, 0.1) is 0 Å². The summed E-state index contributed by atoms with van der Waals surface area (Å²) < 4.78 is 0. The van der Waals surface area contributed by atoms with Crippen LogP contribution in [0.4, 0.5) is 5.69 Å². The summed E-state index contributed by atoms with van der Waals surface area (Å²) in [6.07, 6.45) is 2.96. The Morgan fingerprint density at radius 2 is 2.08 bits per heavy atom. The molecular weight excluding hydrogens is 158 g/mol. The molecule has 1 nitrogen and oxygen atoms in total. The Hall–Kier alpha value is -1.24. The molecule has 0 atom stereocenters. The fourth-order valence-electron chi connectivity index (χ4n) is 1.42. The molecule has 70 valence electrons. The van der Waals surface area contributed by atoms with Gasteiger partial charge in [0.05, 0.1) is 0 Å². The predicted octanol–water partition coefficient (Wildman–Crippen LogP) is 2.96. The van der Waals surface area contributed by atoms with E-state index in [9.17, 15) is 0 Å². The van der Waals surface area contributed by atoms with Crippen LogP contribution in [0.1, 0.15) is 18.1 Å². The standard InChI is InChI=1S/C12H17N/c1-5-10-7-8-11(6-2)12(9-10)13(3)4/h5,7-9H,1,6H2,2-4H3. The predicted molar refractivity (Wildman–Crippen MR) is 60.2 cm³/mol. The van der Waals surface area contributed by atoms with E-state index in [-0.39, 0.29) is 0 Å². The van der Waals surface area contributed by atoms with Gasteiger partial charge in [0.2, 0.25) is 0 Å². The monoisotopic (exact) mass is 175 g/mol. The molecule has 0 saturated carbocycles. The fraction of sp³-hybridized carbons (Fsp3) is 0.333. The van der Waals surface area contributed by atoms with Crippen molar-refractivity contribution in [3.63, 3.8) is 0 Å². The molecule has 1 aromatic carbocycles. The average Bonchev–Trinajstić information content (AvgIpc) is 2.16. The van der Waals surface area contributed by atoms with Crippen molar-refractivity contribution in [1.82, 2.24) is 0 Å². The van der Waals surface area contributed by atoms with Gasteiger partial charge in [-0.1, -0.05) is 31.7 Å². The summed E-state index contributed by atoms with van der Waals surface area (Å²) >= 11 is 0. The minimum atomic E-state index is 1.07. The summed E-state index contributed by atoms with van der Waals surface area (Å²) in [6.45, 7) is 5.94. The van der Waals surface area contributed by atoms with Crippen molar-refractivity contribution in [2.24, 2.45) is 0 Å². The van der Waals surface area contributed by atoms with Crippen molar-refractivity contribution in [3.05, 3.63) is 35.9 Å². The molecule has 1 rings (SSSR count). The maximum absolute atomic E-state index is 3.77. The summed E-state index contributed by atoms with van der Waals surface area (Å²) in [5.41, 5.74) is 3.86. The number of hydrogen-bond donors (Lipinski definition) is 0. The van der Waals surface area contributed by atoms with Crippen LogP contribution in [-0.2, 0) is 6.42 Å². The zero-order chi connectivity index (χ0) is 9.84. The summed E-state index contributed by atoms with van der Waals surface area (Å²) in [4.78, 5) is 2.14. The molecule has 0 heterocycles. The first-order valence-corrected chi connectivity index (χ1v) is 4.61. The molecule has 0 fully saturated rings. The number of benzene rings is 1. The van der Waals surface area contributed by atoms with Crippen LogP contribution in [0.2, 0.25) is 0 Å². The molecule has 0 aliphatic heterocycles. The lowest BCUT2D eigenvalue weighted by Gasteiger charge is -2.17. The van der Waals surface area contributed by atoms with Crippen LogP contribution in [0.5, 0.6) is 0 Å². The molecular formula is C12H17N. The molecule has 0 aliphatic rings. The van der Waals surface area contributed by atoms with Gasteiger partial charge >= 0.3 is 0 Å². The Labute approximate surface area is 80.7 Å². The molecule has 0 amide bonds. The number of nitrogens with zero attached hydrogens (tertiary/aromatic N) is 1. The second kappa shape index (κ2) is 4.13. The van der Waals surface area contributed by atoms with E-state index in [1.165, 1.54) is 16.8 Å². The third kappa shape index (κ3) is 2.11. The van der Waals surface area contributed by atoms with Gasteiger partial charge in [-0.3, -0.25) is 0 Å². The van der Waals surface area contributed by atoms with Crippen LogP contribution < -0.4 is 4.90 Å². The van der Waals surface area contributed by atoms with Gasteiger partial charge in [-0.15, -0.1) is 0 Å². The Balaban J connectivity index is 3.17. The van der Waals surface area contributed by atoms with Crippen molar-refractivity contribution in [2.75, 3.05) is 19.0 Å². The van der Waals surface area contributed by atoms with E-state index in [2.05, 4.69) is 50.7 Å². The lowest BCUT2D eigenvalue weighted by atomic mass is 10.1. The smallest absolute Gasteiger partial charge is 0.0399 e. The zero-order valence-corrected chi connectivity index (χ0v) is 8.67. The highest BCUT2D eigenvalue weighted by molar-refractivity contribution is 5.61. The largest absolute Gasteiger partial charge is 0.377 e. The number of rotatable bonds is 3. The van der Waals surface area contributed by atoms with Crippen LogP contribution in [0.15, 0.2) is 24.8 Å². The molecule has 0 spiro atoms. The molecule has 0 aliphatic carbocycles. The number of anilines is 1. The summed E-state index contributed by atoms with van der Waals surface area (Å²) in [5, 5.41) is 0. The summed E-state index contributed by atoms with van der Waals surface area (Å²) in [6, 6.07) is 6.46. The highest BCUT2D eigenvalue weighted by atomic mass is 15.1. The van der Waals surface area contributed by atoms with E-state index in [1.54, 1.807) is 0 Å². The Morgan fingerprint density at radius 1 is 1.38 bits per heavy atom. The fourth-order valence-corrected chi connectivity index (χ4v) is 1.42. The first kappa shape index (κ1) is 9.85. The van der Waals surface area contributed by atoms with Crippen LogP contribution >= 0.6 is 0 Å². The average molecular weight is 175 g/mol. The van der Waals surface area contributed by atoms with Crippen molar-refractivity contribution in [1.29, 1.82) is 0 Å². The van der Waals surface area contributed by atoms with E-state index >= 15 is 0 Å². The van der Waals surface area contributed by atoms with Crippen molar-refractivity contribution >= 4 is 11.8 Å². The molecule has 0 aromatic heterocycles. The van der Waals surface area contributed by atoms with Gasteiger partial charge in [-0.05, 0) is 23.6 Å². The Morgan fingerprint density at radius 3 is 2.54 bits per heavy atom. The van der Waals surface area contributed by atoms with Gasteiger partial charge in [0.25, 0.3) is 0 Å². The van der Waals surface area contributed by atoms with E-state index in [1.807, 2.05) is 6.08 Å². The SMILES string of the molecule is C=Cc1ccc(CC)c(N(C)C)c1. The van der Waals surface area contributed by atoms with Crippen LogP contribution in [0.3, 0.4) is 0 Å². The Kier molecular flexibility index (Phi) is 3.13. The molecule has 0 radical (unpaired) electrons. The van der Waals surface area contributed by atoms with Gasteiger partial charge in [-0.2, -0.15) is 0 Å². The first-order valence-electron chi connectivity index (χ1n) is 4.61. The van der Waals surface area contributed by atoms with Gasteiger partial charge in [-0.25, -0.2) is 0 Å². The topological polar surface area (TPSA) is 3.24 Å². The van der Waals surface area contributed by atoms with E-state index in [4.69, 9.17) is 0 Å². The maximum atomic E-state index is 3.77. The van der Waals surface area contributed by atoms with Crippen molar-refractivity contribution in [3.8, 4) is 0 Å². The molecule has 0 bridgehead atoms. The van der Waals surface area contributed by atoms with Gasteiger partial charge in [0.15, 0.2) is 0 Å². The van der Waals surface area contributed by atoms with Crippen molar-refractivity contribution in [2.45, 2.75) is 13.3 Å². The molecule has 1 heteroatoms. The molecule has 0 N–H and O–H groups in total. The van der Waals surface area contributed by atoms with E-state index in [0.717, 1.165) is 6.42 Å². The van der Waals surface area contributed by atoms with Gasteiger partial charge < -0.3 is 4.90 Å². The van der Waals surface area contributed by atoms with Gasteiger partial charge in [0.1, 0.15) is 0 Å². The Bertz CT molecular complexity index is 300. The minimum absolute atomic E-state index is 1.07. The first-order chi connectivity index (χ1) is 6.19. The van der Waals surface area contributed by atoms with Crippen molar-refractivity contribution < 1.29 is 0 Å². The molecule has 13 heavy (non-hydrogen) atoms. The molecule has 1 aromatic rings.